The van der Waals surface area contributed by atoms with Crippen LogP contribution in [0.2, 0.25) is 0 Å². The van der Waals surface area contributed by atoms with Crippen molar-refractivity contribution >= 4 is 5.84 Å². The Morgan fingerprint density at radius 3 is 2.89 bits per heavy atom. The Labute approximate surface area is 110 Å². The predicted octanol–water partition coefficient (Wildman–Crippen LogP) is 1.51. The van der Waals surface area contributed by atoms with Gasteiger partial charge < -0.3 is 20.6 Å². The average molecular weight is 257 g/mol. The van der Waals surface area contributed by atoms with Gasteiger partial charge in [0.2, 0.25) is 0 Å². The summed E-state index contributed by atoms with van der Waals surface area (Å²) in [6.45, 7) is 8.10. The normalized spacial score (nSPS) is 23.3. The Bertz CT molecular complexity index is 277. The second-order valence-corrected chi connectivity index (χ2v) is 5.88. The lowest BCUT2D eigenvalue weighted by Crippen LogP contribution is -2.41. The summed E-state index contributed by atoms with van der Waals surface area (Å²) in [5.41, 5.74) is 5.46. The van der Waals surface area contributed by atoms with Gasteiger partial charge >= 0.3 is 0 Å². The molecule has 5 heteroatoms. The molecule has 0 aromatic rings. The Hall–Kier alpha value is -0.810. The first-order chi connectivity index (χ1) is 8.49. The highest BCUT2D eigenvalue weighted by atomic mass is 16.5. The van der Waals surface area contributed by atoms with Gasteiger partial charge in [-0.15, -0.1) is 0 Å². The van der Waals surface area contributed by atoms with E-state index in [0.717, 1.165) is 32.7 Å². The van der Waals surface area contributed by atoms with Crippen molar-refractivity contribution < 1.29 is 9.94 Å². The molecule has 1 rings (SSSR count). The molecule has 106 valence electrons. The van der Waals surface area contributed by atoms with Gasteiger partial charge in [0, 0.05) is 19.1 Å². The first-order valence-electron chi connectivity index (χ1n) is 6.69. The van der Waals surface area contributed by atoms with E-state index in [2.05, 4.69) is 10.1 Å². The van der Waals surface area contributed by atoms with E-state index < -0.39 is 0 Å². The highest BCUT2D eigenvalue weighted by Crippen LogP contribution is 2.23. The number of nitrogens with zero attached hydrogens (tertiary/aromatic N) is 2. The van der Waals surface area contributed by atoms with Crippen LogP contribution in [-0.2, 0) is 4.74 Å². The highest BCUT2D eigenvalue weighted by molar-refractivity contribution is 5.85. The molecular weight excluding hydrogens is 230 g/mol. The molecule has 0 aromatic heterocycles. The van der Waals surface area contributed by atoms with Gasteiger partial charge in [-0.2, -0.15) is 0 Å². The fraction of sp³-hybridized carbons (Fsp3) is 0.923. The van der Waals surface area contributed by atoms with Crippen molar-refractivity contribution in [1.29, 1.82) is 0 Å². The van der Waals surface area contributed by atoms with E-state index >= 15 is 0 Å². The smallest absolute Gasteiger partial charge is 0.144 e. The Morgan fingerprint density at radius 2 is 2.28 bits per heavy atom. The summed E-state index contributed by atoms with van der Waals surface area (Å²) in [6.07, 6.45) is 3.40. The van der Waals surface area contributed by atoms with Crippen LogP contribution in [0.25, 0.3) is 0 Å². The average Bonchev–Trinajstić information content (AvgIpc) is 2.36. The minimum atomic E-state index is -0.247. The van der Waals surface area contributed by atoms with E-state index in [-0.39, 0.29) is 5.41 Å². The zero-order valence-electron chi connectivity index (χ0n) is 11.9. The minimum Gasteiger partial charge on any atom is -0.409 e. The zero-order chi connectivity index (χ0) is 13.6. The Morgan fingerprint density at radius 1 is 1.56 bits per heavy atom. The molecule has 1 aliphatic rings. The SMILES string of the molecule is COCC1CCCN(CCC(C)(C)C(N)=NO)C1. The molecule has 1 fully saturated rings. The van der Waals surface area contributed by atoms with Crippen molar-refractivity contribution in [2.75, 3.05) is 33.4 Å². The summed E-state index contributed by atoms with van der Waals surface area (Å²) in [4.78, 5) is 2.46. The van der Waals surface area contributed by atoms with Crippen LogP contribution in [0.15, 0.2) is 5.16 Å². The first-order valence-corrected chi connectivity index (χ1v) is 6.69. The van der Waals surface area contributed by atoms with E-state index in [4.69, 9.17) is 15.7 Å². The van der Waals surface area contributed by atoms with Crippen molar-refractivity contribution in [3.63, 3.8) is 0 Å². The van der Waals surface area contributed by atoms with Crippen LogP contribution in [-0.4, -0.2) is 49.3 Å². The third-order valence-electron chi connectivity index (χ3n) is 3.86. The fourth-order valence-electron chi connectivity index (χ4n) is 2.43. The first kappa shape index (κ1) is 15.2. The van der Waals surface area contributed by atoms with Crippen LogP contribution in [0, 0.1) is 11.3 Å². The number of piperidine rings is 1. The van der Waals surface area contributed by atoms with Crippen LogP contribution < -0.4 is 5.73 Å². The monoisotopic (exact) mass is 257 g/mol. The standard InChI is InChI=1S/C13H27N3O2/c1-13(2,12(14)15-17)6-8-16-7-4-5-11(9-16)10-18-3/h11,17H,4-10H2,1-3H3,(H2,14,15). The molecule has 1 saturated heterocycles. The maximum atomic E-state index is 8.75. The number of methoxy groups -OCH3 is 1. The lowest BCUT2D eigenvalue weighted by atomic mass is 9.87. The van der Waals surface area contributed by atoms with Gasteiger partial charge in [-0.25, -0.2) is 0 Å². The van der Waals surface area contributed by atoms with Gasteiger partial charge in [0.15, 0.2) is 0 Å². The number of amidine groups is 1. The van der Waals surface area contributed by atoms with Gasteiger partial charge in [0.1, 0.15) is 5.84 Å². The molecule has 3 N–H and O–H groups in total. The van der Waals surface area contributed by atoms with Crippen molar-refractivity contribution in [1.82, 2.24) is 4.90 Å². The third kappa shape index (κ3) is 4.46. The highest BCUT2D eigenvalue weighted by Gasteiger charge is 2.26. The molecule has 0 aliphatic carbocycles. The molecule has 0 amide bonds. The number of rotatable bonds is 6. The van der Waals surface area contributed by atoms with Crippen LogP contribution in [0.4, 0.5) is 0 Å². The van der Waals surface area contributed by atoms with Crippen molar-refractivity contribution in [3.8, 4) is 0 Å². The van der Waals surface area contributed by atoms with Gasteiger partial charge in [0.25, 0.3) is 0 Å². The third-order valence-corrected chi connectivity index (χ3v) is 3.86. The van der Waals surface area contributed by atoms with Crippen LogP contribution in [0.3, 0.4) is 0 Å². The molecular formula is C13H27N3O2. The molecule has 1 heterocycles. The van der Waals surface area contributed by atoms with E-state index in [0.29, 0.717) is 11.8 Å². The summed E-state index contributed by atoms with van der Waals surface area (Å²) in [5, 5.41) is 11.9. The Kier molecular flexibility index (Phi) is 5.88. The van der Waals surface area contributed by atoms with E-state index in [1.54, 1.807) is 7.11 Å². The van der Waals surface area contributed by atoms with Crippen LogP contribution in [0.1, 0.15) is 33.1 Å². The number of hydrogen-bond acceptors (Lipinski definition) is 4. The molecule has 0 aromatic carbocycles. The van der Waals surface area contributed by atoms with E-state index in [1.807, 2.05) is 13.8 Å². The number of hydrogen-bond donors (Lipinski definition) is 2. The molecule has 0 radical (unpaired) electrons. The van der Waals surface area contributed by atoms with Gasteiger partial charge in [-0.1, -0.05) is 19.0 Å². The van der Waals surface area contributed by atoms with Crippen LogP contribution in [0.5, 0.6) is 0 Å². The molecule has 5 nitrogen and oxygen atoms in total. The van der Waals surface area contributed by atoms with Gasteiger partial charge in [-0.05, 0) is 38.3 Å². The second kappa shape index (κ2) is 6.95. The Balaban J connectivity index is 2.39. The number of oxime groups is 1. The quantitative estimate of drug-likeness (QED) is 0.327. The summed E-state index contributed by atoms with van der Waals surface area (Å²) in [7, 11) is 1.76. The largest absolute Gasteiger partial charge is 0.409 e. The van der Waals surface area contributed by atoms with Gasteiger partial charge in [0.05, 0.1) is 6.61 Å². The second-order valence-electron chi connectivity index (χ2n) is 5.88. The maximum absolute atomic E-state index is 8.75. The number of nitrogens with two attached hydrogens (primary N) is 1. The number of ether oxygens (including phenoxy) is 1. The molecule has 0 saturated carbocycles. The van der Waals surface area contributed by atoms with Crippen molar-refractivity contribution in [2.45, 2.75) is 33.1 Å². The van der Waals surface area contributed by atoms with E-state index in [9.17, 15) is 0 Å². The minimum absolute atomic E-state index is 0.247. The lowest BCUT2D eigenvalue weighted by molar-refractivity contribution is 0.0869. The fourth-order valence-corrected chi connectivity index (χ4v) is 2.43. The molecule has 1 unspecified atom stereocenters. The van der Waals surface area contributed by atoms with Gasteiger partial charge in [-0.3, -0.25) is 0 Å². The molecule has 1 aliphatic heterocycles. The summed E-state index contributed by atoms with van der Waals surface area (Å²) in [6, 6.07) is 0. The molecule has 0 bridgehead atoms. The maximum Gasteiger partial charge on any atom is 0.144 e. The summed E-state index contributed by atoms with van der Waals surface area (Å²) < 4.78 is 5.23. The number of likely N-dealkylation sites (tertiary alicyclic amines) is 1. The topological polar surface area (TPSA) is 71.1 Å². The van der Waals surface area contributed by atoms with Crippen molar-refractivity contribution in [3.05, 3.63) is 0 Å². The summed E-state index contributed by atoms with van der Waals surface area (Å²) in [5.74, 6) is 0.962. The van der Waals surface area contributed by atoms with E-state index in [1.165, 1.54) is 12.8 Å². The zero-order valence-corrected chi connectivity index (χ0v) is 11.9. The predicted molar refractivity (Wildman–Crippen MR) is 72.8 cm³/mol. The van der Waals surface area contributed by atoms with Crippen LogP contribution >= 0.6 is 0 Å². The molecule has 0 spiro atoms. The molecule has 1 atom stereocenters. The summed E-state index contributed by atoms with van der Waals surface area (Å²) >= 11 is 0. The molecule has 18 heavy (non-hydrogen) atoms. The lowest BCUT2D eigenvalue weighted by Gasteiger charge is -2.34. The van der Waals surface area contributed by atoms with Crippen molar-refractivity contribution in [2.24, 2.45) is 22.2 Å².